The van der Waals surface area contributed by atoms with Crippen molar-refractivity contribution in [1.82, 2.24) is 4.90 Å². The van der Waals surface area contributed by atoms with Crippen LogP contribution >= 0.6 is 0 Å². The molecular formula is C13H17NO. The number of benzene rings is 1. The maximum Gasteiger partial charge on any atom is 0.0657 e. The first-order valence-corrected chi connectivity index (χ1v) is 5.28. The Morgan fingerprint density at radius 1 is 1.33 bits per heavy atom. The normalized spacial score (nSPS) is 22.5. The summed E-state index contributed by atoms with van der Waals surface area (Å²) in [6.07, 6.45) is 0. The van der Waals surface area contributed by atoms with Gasteiger partial charge in [-0.05, 0) is 30.7 Å². The second kappa shape index (κ2) is 4.17. The highest BCUT2D eigenvalue weighted by Gasteiger charge is 2.27. The van der Waals surface area contributed by atoms with Gasteiger partial charge in [0.05, 0.1) is 12.6 Å². The quantitative estimate of drug-likeness (QED) is 0.743. The fraction of sp³-hybridized carbons (Fsp3) is 0.385. The van der Waals surface area contributed by atoms with Gasteiger partial charge in [-0.2, -0.15) is 0 Å². The van der Waals surface area contributed by atoms with E-state index in [4.69, 9.17) is 0 Å². The summed E-state index contributed by atoms with van der Waals surface area (Å²) in [7, 11) is 2.10. The van der Waals surface area contributed by atoms with Crippen molar-refractivity contribution < 1.29 is 5.11 Å². The third-order valence-corrected chi connectivity index (χ3v) is 3.16. The van der Waals surface area contributed by atoms with Crippen molar-refractivity contribution >= 4 is 0 Å². The lowest BCUT2D eigenvalue weighted by atomic mass is 9.99. The Morgan fingerprint density at radius 3 is 2.53 bits per heavy atom. The molecule has 1 N–H and O–H groups in total. The van der Waals surface area contributed by atoms with Crippen LogP contribution < -0.4 is 0 Å². The largest absolute Gasteiger partial charge is 0.392 e. The molecular weight excluding hydrogens is 186 g/mol. The number of aliphatic hydroxyl groups excluding tert-OH is 1. The number of nitrogens with zero attached hydrogens (tertiary/aromatic N) is 1. The van der Waals surface area contributed by atoms with Crippen molar-refractivity contribution in [3.63, 3.8) is 0 Å². The van der Waals surface area contributed by atoms with Crippen LogP contribution in [0.1, 0.15) is 18.5 Å². The lowest BCUT2D eigenvalue weighted by Gasteiger charge is -2.21. The Labute approximate surface area is 90.8 Å². The van der Waals surface area contributed by atoms with Gasteiger partial charge in [0, 0.05) is 6.54 Å². The van der Waals surface area contributed by atoms with Crippen LogP contribution in [0.3, 0.4) is 0 Å². The number of aliphatic hydroxyl groups is 1. The molecule has 1 unspecified atom stereocenters. The smallest absolute Gasteiger partial charge is 0.0657 e. The minimum Gasteiger partial charge on any atom is -0.392 e. The van der Waals surface area contributed by atoms with Gasteiger partial charge in [0.2, 0.25) is 0 Å². The Bertz CT molecular complexity index is 369. The molecule has 0 radical (unpaired) electrons. The van der Waals surface area contributed by atoms with Gasteiger partial charge in [0.25, 0.3) is 0 Å². The topological polar surface area (TPSA) is 23.5 Å². The number of rotatable bonds is 2. The van der Waals surface area contributed by atoms with E-state index in [0.717, 1.165) is 12.1 Å². The third kappa shape index (κ3) is 1.83. The number of likely N-dealkylation sites (N-methyl/N-ethyl adjacent to an activating group) is 1. The van der Waals surface area contributed by atoms with E-state index in [0.29, 0.717) is 6.04 Å². The van der Waals surface area contributed by atoms with Crippen LogP contribution in [0.25, 0.3) is 0 Å². The van der Waals surface area contributed by atoms with Crippen LogP contribution in [-0.4, -0.2) is 30.2 Å². The molecule has 1 aliphatic heterocycles. The molecule has 80 valence electrons. The first-order chi connectivity index (χ1) is 7.24. The predicted molar refractivity (Wildman–Crippen MR) is 61.6 cm³/mol. The van der Waals surface area contributed by atoms with Crippen LogP contribution in [0.5, 0.6) is 0 Å². The zero-order valence-corrected chi connectivity index (χ0v) is 9.27. The number of hydrogen-bond donors (Lipinski definition) is 1. The second-order valence-electron chi connectivity index (χ2n) is 4.17. The highest BCUT2D eigenvalue weighted by molar-refractivity contribution is 5.34. The van der Waals surface area contributed by atoms with Gasteiger partial charge >= 0.3 is 0 Å². The maximum atomic E-state index is 9.23. The Hall–Kier alpha value is -1.12. The molecule has 2 heteroatoms. The van der Waals surface area contributed by atoms with E-state index in [1.807, 2.05) is 6.07 Å². The number of hydrogen-bond acceptors (Lipinski definition) is 2. The minimum atomic E-state index is 0.180. The lowest BCUT2D eigenvalue weighted by Crippen LogP contribution is -2.20. The molecule has 1 heterocycles. The van der Waals surface area contributed by atoms with Crippen LogP contribution in [-0.2, 0) is 0 Å². The molecule has 1 atom stereocenters. The minimum absolute atomic E-state index is 0.180. The van der Waals surface area contributed by atoms with Gasteiger partial charge in [-0.3, -0.25) is 4.90 Å². The summed E-state index contributed by atoms with van der Waals surface area (Å²) < 4.78 is 0. The van der Waals surface area contributed by atoms with Crippen molar-refractivity contribution in [3.05, 3.63) is 47.0 Å². The molecule has 0 saturated carbocycles. The average Bonchev–Trinajstić information content (AvgIpc) is 2.55. The first-order valence-electron chi connectivity index (χ1n) is 5.28. The average molecular weight is 203 g/mol. The Morgan fingerprint density at radius 2 is 2.00 bits per heavy atom. The van der Waals surface area contributed by atoms with E-state index >= 15 is 0 Å². The zero-order chi connectivity index (χ0) is 10.8. The van der Waals surface area contributed by atoms with Gasteiger partial charge in [-0.25, -0.2) is 0 Å². The van der Waals surface area contributed by atoms with E-state index in [9.17, 15) is 5.11 Å². The maximum absolute atomic E-state index is 9.23. The fourth-order valence-electron chi connectivity index (χ4n) is 2.36. The van der Waals surface area contributed by atoms with Gasteiger partial charge in [-0.15, -0.1) is 0 Å². The second-order valence-corrected chi connectivity index (χ2v) is 4.17. The van der Waals surface area contributed by atoms with Crippen molar-refractivity contribution in [1.29, 1.82) is 0 Å². The van der Waals surface area contributed by atoms with Crippen molar-refractivity contribution in [2.24, 2.45) is 0 Å². The molecule has 2 rings (SSSR count). The molecule has 0 saturated heterocycles. The van der Waals surface area contributed by atoms with Crippen molar-refractivity contribution in [3.8, 4) is 0 Å². The summed E-state index contributed by atoms with van der Waals surface area (Å²) in [6.45, 7) is 3.17. The molecule has 0 spiro atoms. The van der Waals surface area contributed by atoms with Crippen molar-refractivity contribution in [2.75, 3.05) is 20.2 Å². The molecule has 0 bridgehead atoms. The summed E-state index contributed by atoms with van der Waals surface area (Å²) in [6, 6.07) is 10.8. The Balaban J connectivity index is 2.34. The molecule has 1 aliphatic rings. The summed E-state index contributed by atoms with van der Waals surface area (Å²) in [4.78, 5) is 2.27. The monoisotopic (exact) mass is 203 g/mol. The van der Waals surface area contributed by atoms with Crippen molar-refractivity contribution in [2.45, 2.75) is 13.0 Å². The third-order valence-electron chi connectivity index (χ3n) is 3.16. The highest BCUT2D eigenvalue weighted by atomic mass is 16.3. The van der Waals surface area contributed by atoms with E-state index in [-0.39, 0.29) is 6.61 Å². The lowest BCUT2D eigenvalue weighted by molar-refractivity contribution is 0.301. The van der Waals surface area contributed by atoms with Gasteiger partial charge in [0.15, 0.2) is 0 Å². The van der Waals surface area contributed by atoms with Gasteiger partial charge in [-0.1, -0.05) is 30.3 Å². The van der Waals surface area contributed by atoms with Crippen LogP contribution in [0.4, 0.5) is 0 Å². The molecule has 0 amide bonds. The van der Waals surface area contributed by atoms with E-state index in [2.05, 4.69) is 43.1 Å². The summed E-state index contributed by atoms with van der Waals surface area (Å²) >= 11 is 0. The van der Waals surface area contributed by atoms with E-state index in [1.54, 1.807) is 0 Å². The SMILES string of the molecule is CC1=C(CO)CN(C)C1c1ccccc1. The molecule has 0 fully saturated rings. The summed E-state index contributed by atoms with van der Waals surface area (Å²) in [5.74, 6) is 0. The molecule has 1 aromatic carbocycles. The van der Waals surface area contributed by atoms with Crippen LogP contribution in [0.2, 0.25) is 0 Å². The zero-order valence-electron chi connectivity index (χ0n) is 9.27. The first kappa shape index (κ1) is 10.4. The standard InChI is InChI=1S/C13H17NO/c1-10-12(9-15)8-14(2)13(10)11-6-4-3-5-7-11/h3-7,13,15H,8-9H2,1-2H3. The highest BCUT2D eigenvalue weighted by Crippen LogP contribution is 2.34. The molecule has 0 aromatic heterocycles. The van der Waals surface area contributed by atoms with Crippen LogP contribution in [0.15, 0.2) is 41.5 Å². The Kier molecular flexibility index (Phi) is 2.89. The van der Waals surface area contributed by atoms with Gasteiger partial charge in [0.1, 0.15) is 0 Å². The van der Waals surface area contributed by atoms with Gasteiger partial charge < -0.3 is 5.11 Å². The predicted octanol–water partition coefficient (Wildman–Crippen LogP) is 1.98. The molecule has 0 aliphatic carbocycles. The van der Waals surface area contributed by atoms with Crippen LogP contribution in [0, 0.1) is 0 Å². The molecule has 2 nitrogen and oxygen atoms in total. The molecule has 1 aromatic rings. The van der Waals surface area contributed by atoms with E-state index < -0.39 is 0 Å². The summed E-state index contributed by atoms with van der Waals surface area (Å²) in [5.41, 5.74) is 3.76. The molecule has 15 heavy (non-hydrogen) atoms. The fourth-order valence-corrected chi connectivity index (χ4v) is 2.36. The summed E-state index contributed by atoms with van der Waals surface area (Å²) in [5, 5.41) is 9.23. The van der Waals surface area contributed by atoms with E-state index in [1.165, 1.54) is 11.1 Å².